The third-order valence-electron chi connectivity index (χ3n) is 2.48. The van der Waals surface area contributed by atoms with E-state index in [0.29, 0.717) is 11.3 Å². The van der Waals surface area contributed by atoms with Crippen LogP contribution in [0.5, 0.6) is 5.75 Å². The smallest absolute Gasteiger partial charge is 0.287 e. The van der Waals surface area contributed by atoms with E-state index in [0.717, 1.165) is 0 Å². The SMILES string of the molecule is CC1(C)C=Cc2cc([N+](=O)[O-])c(C#N)cc2O1. The van der Waals surface area contributed by atoms with Crippen LogP contribution >= 0.6 is 0 Å². The van der Waals surface area contributed by atoms with Gasteiger partial charge in [-0.05, 0) is 19.9 Å². The summed E-state index contributed by atoms with van der Waals surface area (Å²) >= 11 is 0. The third kappa shape index (κ3) is 1.97. The number of benzene rings is 1. The number of rotatable bonds is 1. The normalized spacial score (nSPS) is 15.6. The summed E-state index contributed by atoms with van der Waals surface area (Å²) in [6, 6.07) is 4.58. The quantitative estimate of drug-likeness (QED) is 0.549. The fourth-order valence-corrected chi connectivity index (χ4v) is 1.65. The maximum Gasteiger partial charge on any atom is 0.287 e. The van der Waals surface area contributed by atoms with Gasteiger partial charge in [-0.3, -0.25) is 10.1 Å². The van der Waals surface area contributed by atoms with Crippen molar-refractivity contribution in [2.45, 2.75) is 19.4 Å². The van der Waals surface area contributed by atoms with Gasteiger partial charge in [0.2, 0.25) is 0 Å². The van der Waals surface area contributed by atoms with Crippen LogP contribution in [0, 0.1) is 21.4 Å². The summed E-state index contributed by atoms with van der Waals surface area (Å²) in [5.41, 5.74) is -0.0235. The molecular weight excluding hydrogens is 220 g/mol. The second-order valence-electron chi connectivity index (χ2n) is 4.31. The lowest BCUT2D eigenvalue weighted by Gasteiger charge is -2.27. The maximum atomic E-state index is 10.8. The van der Waals surface area contributed by atoms with Crippen LogP contribution in [0.1, 0.15) is 25.0 Å². The van der Waals surface area contributed by atoms with Gasteiger partial charge in [0, 0.05) is 17.7 Å². The van der Waals surface area contributed by atoms with Gasteiger partial charge in [-0.1, -0.05) is 6.08 Å². The van der Waals surface area contributed by atoms with Crippen molar-refractivity contribution in [1.82, 2.24) is 0 Å². The Hall–Kier alpha value is -2.35. The van der Waals surface area contributed by atoms with Gasteiger partial charge in [-0.2, -0.15) is 5.26 Å². The molecule has 0 atom stereocenters. The first-order chi connectivity index (χ1) is 7.93. The first kappa shape index (κ1) is 11.1. The predicted molar refractivity (Wildman–Crippen MR) is 61.6 cm³/mol. The summed E-state index contributed by atoms with van der Waals surface area (Å²) < 4.78 is 5.64. The minimum atomic E-state index is -0.563. The van der Waals surface area contributed by atoms with Gasteiger partial charge in [-0.15, -0.1) is 0 Å². The summed E-state index contributed by atoms with van der Waals surface area (Å²) in [6.07, 6.45) is 3.60. The monoisotopic (exact) mass is 230 g/mol. The summed E-state index contributed by atoms with van der Waals surface area (Å²) in [7, 11) is 0. The molecule has 0 saturated heterocycles. The van der Waals surface area contributed by atoms with E-state index < -0.39 is 10.5 Å². The van der Waals surface area contributed by atoms with Gasteiger partial charge < -0.3 is 4.74 Å². The van der Waals surface area contributed by atoms with E-state index in [-0.39, 0.29) is 11.3 Å². The molecule has 1 aliphatic heterocycles. The highest BCUT2D eigenvalue weighted by atomic mass is 16.6. The number of nitro groups is 1. The van der Waals surface area contributed by atoms with Crippen molar-refractivity contribution in [2.24, 2.45) is 0 Å². The third-order valence-corrected chi connectivity index (χ3v) is 2.48. The molecule has 1 heterocycles. The number of hydrogen-bond acceptors (Lipinski definition) is 4. The maximum absolute atomic E-state index is 10.8. The molecule has 0 amide bonds. The summed E-state index contributed by atoms with van der Waals surface area (Å²) in [5.74, 6) is 0.500. The molecule has 0 radical (unpaired) electrons. The van der Waals surface area contributed by atoms with E-state index in [4.69, 9.17) is 10.00 Å². The van der Waals surface area contributed by atoms with Gasteiger partial charge in [0.25, 0.3) is 5.69 Å². The van der Waals surface area contributed by atoms with Crippen molar-refractivity contribution in [3.05, 3.63) is 39.4 Å². The van der Waals surface area contributed by atoms with Crippen LogP contribution < -0.4 is 4.74 Å². The van der Waals surface area contributed by atoms with Crippen molar-refractivity contribution in [1.29, 1.82) is 5.26 Å². The second-order valence-corrected chi connectivity index (χ2v) is 4.31. The average Bonchev–Trinajstić information content (AvgIpc) is 2.25. The number of fused-ring (bicyclic) bond motifs is 1. The minimum Gasteiger partial charge on any atom is -0.483 e. The van der Waals surface area contributed by atoms with Crippen molar-refractivity contribution in [2.75, 3.05) is 0 Å². The first-order valence-electron chi connectivity index (χ1n) is 5.04. The number of nitro benzene ring substituents is 1. The summed E-state index contributed by atoms with van der Waals surface area (Å²) in [4.78, 5) is 10.2. The molecule has 0 unspecified atom stereocenters. The highest BCUT2D eigenvalue weighted by Gasteiger charge is 2.25. The highest BCUT2D eigenvalue weighted by molar-refractivity contribution is 5.67. The Morgan fingerprint density at radius 1 is 1.47 bits per heavy atom. The van der Waals surface area contributed by atoms with E-state index >= 15 is 0 Å². The zero-order valence-electron chi connectivity index (χ0n) is 9.43. The van der Waals surface area contributed by atoms with E-state index in [9.17, 15) is 10.1 Å². The van der Waals surface area contributed by atoms with Gasteiger partial charge >= 0.3 is 0 Å². The summed E-state index contributed by atoms with van der Waals surface area (Å²) in [5, 5.41) is 19.7. The molecule has 86 valence electrons. The molecule has 1 aromatic rings. The zero-order valence-corrected chi connectivity index (χ0v) is 9.43. The Kier molecular flexibility index (Phi) is 2.36. The average molecular weight is 230 g/mol. The molecule has 5 heteroatoms. The lowest BCUT2D eigenvalue weighted by Crippen LogP contribution is -2.27. The van der Waals surface area contributed by atoms with Gasteiger partial charge in [0.05, 0.1) is 4.92 Å². The zero-order chi connectivity index (χ0) is 12.6. The molecule has 0 fully saturated rings. The minimum absolute atomic E-state index is 0.0138. The standard InChI is InChI=1S/C12H10N2O3/c1-12(2)4-3-8-5-10(14(15)16)9(7-13)6-11(8)17-12/h3-6H,1-2H3. The van der Waals surface area contributed by atoms with Gasteiger partial charge in [0.15, 0.2) is 0 Å². The molecule has 0 saturated carbocycles. The van der Waals surface area contributed by atoms with Gasteiger partial charge in [-0.25, -0.2) is 0 Å². The Morgan fingerprint density at radius 2 is 2.18 bits per heavy atom. The lowest BCUT2D eigenvalue weighted by atomic mass is 10.0. The fraction of sp³-hybridized carbons (Fsp3) is 0.250. The van der Waals surface area contributed by atoms with Crippen molar-refractivity contribution in [3.8, 4) is 11.8 Å². The molecule has 0 aromatic heterocycles. The van der Waals surface area contributed by atoms with Gasteiger partial charge in [0.1, 0.15) is 23.0 Å². The van der Waals surface area contributed by atoms with Crippen LogP contribution in [0.15, 0.2) is 18.2 Å². The number of hydrogen-bond donors (Lipinski definition) is 0. The number of nitriles is 1. The number of ether oxygens (including phenoxy) is 1. The molecule has 1 aliphatic rings. The van der Waals surface area contributed by atoms with E-state index in [1.54, 1.807) is 6.08 Å². The van der Waals surface area contributed by atoms with Crippen molar-refractivity contribution < 1.29 is 9.66 Å². The molecule has 0 spiro atoms. The van der Waals surface area contributed by atoms with Crippen LogP contribution in [0.3, 0.4) is 0 Å². The van der Waals surface area contributed by atoms with E-state index in [1.807, 2.05) is 26.0 Å². The van der Waals surface area contributed by atoms with E-state index in [1.165, 1.54) is 12.1 Å². The van der Waals surface area contributed by atoms with Crippen molar-refractivity contribution in [3.63, 3.8) is 0 Å². The topological polar surface area (TPSA) is 76.2 Å². The number of nitrogens with zero attached hydrogens (tertiary/aromatic N) is 2. The Balaban J connectivity index is 2.60. The van der Waals surface area contributed by atoms with Crippen LogP contribution in [0.2, 0.25) is 0 Å². The van der Waals surface area contributed by atoms with Crippen LogP contribution in [0.4, 0.5) is 5.69 Å². The van der Waals surface area contributed by atoms with E-state index in [2.05, 4.69) is 0 Å². The molecule has 1 aromatic carbocycles. The second kappa shape index (κ2) is 3.59. The predicted octanol–water partition coefficient (Wildman–Crippen LogP) is 2.65. The van der Waals surface area contributed by atoms with Crippen molar-refractivity contribution >= 4 is 11.8 Å². The molecule has 17 heavy (non-hydrogen) atoms. The largest absolute Gasteiger partial charge is 0.483 e. The molecule has 0 bridgehead atoms. The molecule has 2 rings (SSSR count). The lowest BCUT2D eigenvalue weighted by molar-refractivity contribution is -0.385. The molecule has 0 N–H and O–H groups in total. The fourth-order valence-electron chi connectivity index (χ4n) is 1.65. The molecule has 0 aliphatic carbocycles. The Labute approximate surface area is 98.1 Å². The Morgan fingerprint density at radius 3 is 2.76 bits per heavy atom. The highest BCUT2D eigenvalue weighted by Crippen LogP contribution is 2.35. The summed E-state index contributed by atoms with van der Waals surface area (Å²) in [6.45, 7) is 3.75. The van der Waals surface area contributed by atoms with Crippen LogP contribution in [-0.4, -0.2) is 10.5 Å². The van der Waals surface area contributed by atoms with Crippen LogP contribution in [-0.2, 0) is 0 Å². The molecular formula is C12H10N2O3. The Bertz CT molecular complexity index is 568. The molecule has 5 nitrogen and oxygen atoms in total. The van der Waals surface area contributed by atoms with Crippen LogP contribution in [0.25, 0.3) is 6.08 Å². The first-order valence-corrected chi connectivity index (χ1v) is 5.04.